The lowest BCUT2D eigenvalue weighted by Crippen LogP contribution is -2.38. The summed E-state index contributed by atoms with van der Waals surface area (Å²) in [5.74, 6) is 0. The van der Waals surface area contributed by atoms with Crippen LogP contribution in [0.25, 0.3) is 0 Å². The van der Waals surface area contributed by atoms with Gasteiger partial charge in [-0.15, -0.1) is 0 Å². The zero-order chi connectivity index (χ0) is 12.1. The van der Waals surface area contributed by atoms with E-state index in [0.29, 0.717) is 13.0 Å². The Hall–Kier alpha value is -0.800. The molecular weight excluding hydrogens is 207 g/mol. The summed E-state index contributed by atoms with van der Waals surface area (Å²) in [6, 6.07) is 1.90. The molecule has 3 nitrogen and oxygen atoms in total. The molecule has 0 radical (unpaired) electrons. The Morgan fingerprint density at radius 1 is 1.27 bits per heavy atom. The molecule has 0 saturated heterocycles. The minimum atomic E-state index is -4.13. The highest BCUT2D eigenvalue weighted by Gasteiger charge is 2.27. The van der Waals surface area contributed by atoms with Crippen molar-refractivity contribution < 1.29 is 13.2 Å². The predicted octanol–water partition coefficient (Wildman–Crippen LogP) is 1.50. The summed E-state index contributed by atoms with van der Waals surface area (Å²) in [6.45, 7) is 1.88. The van der Waals surface area contributed by atoms with Crippen molar-refractivity contribution in [3.05, 3.63) is 0 Å². The number of nitriles is 1. The van der Waals surface area contributed by atoms with Crippen molar-refractivity contribution >= 4 is 0 Å². The number of hydrogen-bond acceptors (Lipinski definition) is 3. The summed E-state index contributed by atoms with van der Waals surface area (Å²) in [7, 11) is 1.58. The highest BCUT2D eigenvalue weighted by molar-refractivity contribution is 5.00. The van der Waals surface area contributed by atoms with Gasteiger partial charge in [0.05, 0.1) is 12.5 Å². The molecule has 0 fully saturated rings. The van der Waals surface area contributed by atoms with Crippen molar-refractivity contribution in [2.75, 3.05) is 20.1 Å². The van der Waals surface area contributed by atoms with Gasteiger partial charge in [0.2, 0.25) is 0 Å². The van der Waals surface area contributed by atoms with Gasteiger partial charge in [-0.2, -0.15) is 18.4 Å². The number of nitrogens with zero attached hydrogens (tertiary/aromatic N) is 2. The van der Waals surface area contributed by atoms with Gasteiger partial charge in [0.25, 0.3) is 0 Å². The predicted molar refractivity (Wildman–Crippen MR) is 51.0 cm³/mol. The number of nitrogens with two attached hydrogens (primary N) is 1. The second kappa shape index (κ2) is 5.33. The SMILES string of the molecule is CN(CCC(F)(F)F)CCC(C)(N)C#N. The lowest BCUT2D eigenvalue weighted by Gasteiger charge is -2.21. The standard InChI is InChI=1S/C9H16F3N3/c1-8(14,7-13)3-5-15(2)6-4-9(10,11)12/h3-6,14H2,1-2H3. The van der Waals surface area contributed by atoms with Crippen molar-refractivity contribution in [1.29, 1.82) is 5.26 Å². The van der Waals surface area contributed by atoms with Crippen LogP contribution >= 0.6 is 0 Å². The zero-order valence-corrected chi connectivity index (χ0v) is 8.93. The summed E-state index contributed by atoms with van der Waals surface area (Å²) in [6.07, 6.45) is -4.61. The molecule has 0 rings (SSSR count). The van der Waals surface area contributed by atoms with Crippen LogP contribution < -0.4 is 5.73 Å². The number of rotatable bonds is 5. The van der Waals surface area contributed by atoms with E-state index in [1.165, 1.54) is 4.90 Å². The Bertz CT molecular complexity index is 230. The lowest BCUT2D eigenvalue weighted by molar-refractivity contribution is -0.137. The highest BCUT2D eigenvalue weighted by Crippen LogP contribution is 2.19. The maximum Gasteiger partial charge on any atom is 0.390 e. The third-order valence-electron chi connectivity index (χ3n) is 2.05. The molecule has 1 unspecified atom stereocenters. The van der Waals surface area contributed by atoms with Gasteiger partial charge in [0, 0.05) is 13.1 Å². The number of alkyl halides is 3. The van der Waals surface area contributed by atoms with Gasteiger partial charge in [-0.3, -0.25) is 0 Å². The summed E-state index contributed by atoms with van der Waals surface area (Å²) in [5, 5.41) is 8.59. The van der Waals surface area contributed by atoms with Crippen molar-refractivity contribution in [3.8, 4) is 6.07 Å². The first-order chi connectivity index (χ1) is 6.66. The Morgan fingerprint density at radius 3 is 2.13 bits per heavy atom. The summed E-state index contributed by atoms with van der Waals surface area (Å²) in [5.41, 5.74) is 4.57. The fourth-order valence-corrected chi connectivity index (χ4v) is 0.908. The van der Waals surface area contributed by atoms with E-state index in [1.54, 1.807) is 14.0 Å². The Morgan fingerprint density at radius 2 is 1.73 bits per heavy atom. The second-order valence-electron chi connectivity index (χ2n) is 3.95. The first-order valence-electron chi connectivity index (χ1n) is 4.62. The molecule has 2 N–H and O–H groups in total. The monoisotopic (exact) mass is 223 g/mol. The smallest absolute Gasteiger partial charge is 0.314 e. The molecule has 15 heavy (non-hydrogen) atoms. The second-order valence-corrected chi connectivity index (χ2v) is 3.95. The highest BCUT2D eigenvalue weighted by atomic mass is 19.4. The third kappa shape index (κ3) is 8.21. The summed E-state index contributed by atoms with van der Waals surface area (Å²) in [4.78, 5) is 1.52. The lowest BCUT2D eigenvalue weighted by atomic mass is 10.0. The van der Waals surface area contributed by atoms with Gasteiger partial charge in [-0.25, -0.2) is 0 Å². The normalized spacial score (nSPS) is 16.1. The van der Waals surface area contributed by atoms with Crippen LogP contribution in [0, 0.1) is 11.3 Å². The molecule has 1 atom stereocenters. The van der Waals surface area contributed by atoms with Crippen LogP contribution in [-0.2, 0) is 0 Å². The number of hydrogen-bond donors (Lipinski definition) is 1. The van der Waals surface area contributed by atoms with Crippen LogP contribution in [0.4, 0.5) is 13.2 Å². The van der Waals surface area contributed by atoms with Gasteiger partial charge in [-0.05, 0) is 20.4 Å². The van der Waals surface area contributed by atoms with Gasteiger partial charge in [0.1, 0.15) is 5.54 Å². The van der Waals surface area contributed by atoms with Crippen molar-refractivity contribution in [1.82, 2.24) is 4.90 Å². The molecule has 0 aliphatic heterocycles. The fraction of sp³-hybridized carbons (Fsp3) is 0.889. The molecule has 0 heterocycles. The minimum Gasteiger partial charge on any atom is -0.314 e. The molecule has 0 spiro atoms. The van der Waals surface area contributed by atoms with Crippen LogP contribution in [0.15, 0.2) is 0 Å². The van der Waals surface area contributed by atoms with E-state index < -0.39 is 18.1 Å². The largest absolute Gasteiger partial charge is 0.390 e. The first-order valence-corrected chi connectivity index (χ1v) is 4.62. The van der Waals surface area contributed by atoms with Crippen molar-refractivity contribution in [2.45, 2.75) is 31.5 Å². The quantitative estimate of drug-likeness (QED) is 0.768. The van der Waals surface area contributed by atoms with Crippen LogP contribution in [0.5, 0.6) is 0 Å². The van der Waals surface area contributed by atoms with Gasteiger partial charge in [0.15, 0.2) is 0 Å². The Kier molecular flexibility index (Phi) is 5.05. The van der Waals surface area contributed by atoms with Crippen LogP contribution in [0.2, 0.25) is 0 Å². The van der Waals surface area contributed by atoms with Crippen molar-refractivity contribution in [2.24, 2.45) is 5.73 Å². The summed E-state index contributed by atoms with van der Waals surface area (Å²) >= 11 is 0. The van der Waals surface area contributed by atoms with Gasteiger partial charge >= 0.3 is 6.18 Å². The van der Waals surface area contributed by atoms with E-state index in [1.807, 2.05) is 6.07 Å². The molecule has 6 heteroatoms. The molecule has 88 valence electrons. The molecule has 0 aromatic carbocycles. The van der Waals surface area contributed by atoms with Gasteiger partial charge < -0.3 is 10.6 Å². The molecule has 0 aliphatic carbocycles. The third-order valence-corrected chi connectivity index (χ3v) is 2.05. The van der Waals surface area contributed by atoms with Crippen LogP contribution in [0.3, 0.4) is 0 Å². The molecule has 0 aromatic rings. The Balaban J connectivity index is 3.78. The maximum absolute atomic E-state index is 11.9. The molecule has 0 aromatic heterocycles. The van der Waals surface area contributed by atoms with E-state index in [4.69, 9.17) is 11.0 Å². The fourth-order valence-electron chi connectivity index (χ4n) is 0.908. The van der Waals surface area contributed by atoms with E-state index in [9.17, 15) is 13.2 Å². The van der Waals surface area contributed by atoms with E-state index in [-0.39, 0.29) is 6.54 Å². The average Bonchev–Trinajstić information content (AvgIpc) is 2.10. The molecule has 0 amide bonds. The first kappa shape index (κ1) is 14.2. The van der Waals surface area contributed by atoms with Crippen LogP contribution in [0.1, 0.15) is 19.8 Å². The van der Waals surface area contributed by atoms with Crippen LogP contribution in [-0.4, -0.2) is 36.8 Å². The van der Waals surface area contributed by atoms with Gasteiger partial charge in [-0.1, -0.05) is 0 Å². The Labute approximate surface area is 87.6 Å². The van der Waals surface area contributed by atoms with E-state index in [0.717, 1.165) is 0 Å². The minimum absolute atomic E-state index is 0.0645. The topological polar surface area (TPSA) is 53.0 Å². The molecule has 0 bridgehead atoms. The summed E-state index contributed by atoms with van der Waals surface area (Å²) < 4.78 is 35.6. The number of halogens is 3. The maximum atomic E-state index is 11.9. The van der Waals surface area contributed by atoms with Crippen molar-refractivity contribution in [3.63, 3.8) is 0 Å². The average molecular weight is 223 g/mol. The molecular formula is C9H16F3N3. The van der Waals surface area contributed by atoms with E-state index >= 15 is 0 Å². The molecule has 0 saturated carbocycles. The molecule has 0 aliphatic rings. The van der Waals surface area contributed by atoms with E-state index in [2.05, 4.69) is 0 Å². The zero-order valence-electron chi connectivity index (χ0n) is 8.93.